The number of fused-ring (bicyclic) bond motifs is 1. The Kier molecular flexibility index (Phi) is 6.13. The molecule has 1 amide bonds. The number of carbonyl (C=O) groups is 1. The lowest BCUT2D eigenvalue weighted by Crippen LogP contribution is -2.34. The normalized spacial score (nSPS) is 16.8. The predicted octanol–water partition coefficient (Wildman–Crippen LogP) is 3.56. The first kappa shape index (κ1) is 20.9. The Morgan fingerprint density at radius 2 is 1.93 bits per heavy atom. The second kappa shape index (κ2) is 8.79. The first-order chi connectivity index (χ1) is 14.4. The number of hydrogen-bond donors (Lipinski definition) is 1. The molecule has 3 aromatic rings. The first-order valence-electron chi connectivity index (χ1n) is 9.86. The molecular weight excluding hydrogens is 424 g/mol. The number of rotatable bonds is 7. The number of sulfone groups is 1. The van der Waals surface area contributed by atoms with Gasteiger partial charge in [0.25, 0.3) is 0 Å². The van der Waals surface area contributed by atoms with E-state index in [-0.39, 0.29) is 29.2 Å². The van der Waals surface area contributed by atoms with E-state index in [4.69, 9.17) is 16.3 Å². The van der Waals surface area contributed by atoms with Crippen LogP contribution in [0.4, 0.5) is 0 Å². The summed E-state index contributed by atoms with van der Waals surface area (Å²) >= 11 is 6.17. The van der Waals surface area contributed by atoms with Crippen LogP contribution in [0, 0.1) is 0 Å². The molecule has 1 saturated heterocycles. The molecule has 0 bridgehead atoms. The Hall–Kier alpha value is -2.35. The van der Waals surface area contributed by atoms with E-state index in [2.05, 4.69) is 5.32 Å². The zero-order chi connectivity index (χ0) is 21.1. The summed E-state index contributed by atoms with van der Waals surface area (Å²) in [5, 5.41) is 3.89. The summed E-state index contributed by atoms with van der Waals surface area (Å²) in [6.45, 7) is 1.24. The summed E-state index contributed by atoms with van der Waals surface area (Å²) < 4.78 is 33.6. The van der Waals surface area contributed by atoms with Crippen molar-refractivity contribution in [1.82, 2.24) is 9.88 Å². The maximum absolute atomic E-state index is 13.2. The van der Waals surface area contributed by atoms with Crippen LogP contribution in [0.15, 0.2) is 59.6 Å². The van der Waals surface area contributed by atoms with Crippen molar-refractivity contribution in [3.8, 4) is 0 Å². The Morgan fingerprint density at radius 1 is 1.17 bits per heavy atom. The standard InChI is InChI=1S/C22H23ClN2O4S/c23-19-9-3-1-6-16(19)15-30(27,28)21-13-25(20-10-4-2-8-18(20)21)14-22(26)24-12-17-7-5-11-29-17/h1-4,6,8-10,13,17H,5,7,11-12,14-15H2,(H,24,26)/t17-/m1/s1. The van der Waals surface area contributed by atoms with Crippen LogP contribution in [0.25, 0.3) is 10.9 Å². The number of benzene rings is 2. The van der Waals surface area contributed by atoms with Crippen molar-refractivity contribution in [1.29, 1.82) is 0 Å². The van der Waals surface area contributed by atoms with E-state index >= 15 is 0 Å². The molecule has 158 valence electrons. The molecule has 6 nitrogen and oxygen atoms in total. The second-order valence-corrected chi connectivity index (χ2v) is 9.79. The van der Waals surface area contributed by atoms with E-state index in [0.717, 1.165) is 19.4 Å². The van der Waals surface area contributed by atoms with Crippen molar-refractivity contribution in [3.63, 3.8) is 0 Å². The number of halogens is 1. The van der Waals surface area contributed by atoms with Crippen molar-refractivity contribution >= 4 is 38.2 Å². The molecule has 4 rings (SSSR count). The smallest absolute Gasteiger partial charge is 0.240 e. The molecule has 1 fully saturated rings. The topological polar surface area (TPSA) is 77.4 Å². The highest BCUT2D eigenvalue weighted by molar-refractivity contribution is 7.90. The van der Waals surface area contributed by atoms with E-state index in [1.807, 2.05) is 12.1 Å². The fourth-order valence-corrected chi connectivity index (χ4v) is 5.63. The average Bonchev–Trinajstić information content (AvgIpc) is 3.37. The summed E-state index contributed by atoms with van der Waals surface area (Å²) in [4.78, 5) is 12.7. The number of hydrogen-bond acceptors (Lipinski definition) is 4. The lowest BCUT2D eigenvalue weighted by Gasteiger charge is -2.11. The molecule has 0 spiro atoms. The van der Waals surface area contributed by atoms with Gasteiger partial charge in [-0.1, -0.05) is 48.0 Å². The van der Waals surface area contributed by atoms with Crippen molar-refractivity contribution in [2.45, 2.75) is 36.1 Å². The summed E-state index contributed by atoms with van der Waals surface area (Å²) in [6, 6.07) is 14.1. The summed E-state index contributed by atoms with van der Waals surface area (Å²) in [5.74, 6) is -0.382. The maximum atomic E-state index is 13.2. The van der Waals surface area contributed by atoms with Crippen LogP contribution in [0.2, 0.25) is 5.02 Å². The quantitative estimate of drug-likeness (QED) is 0.602. The zero-order valence-electron chi connectivity index (χ0n) is 16.4. The first-order valence-corrected chi connectivity index (χ1v) is 11.9. The van der Waals surface area contributed by atoms with Gasteiger partial charge in [-0.15, -0.1) is 0 Å². The van der Waals surface area contributed by atoms with Crippen LogP contribution in [-0.4, -0.2) is 38.1 Å². The molecular formula is C22H23ClN2O4S. The van der Waals surface area contributed by atoms with E-state index in [9.17, 15) is 13.2 Å². The molecule has 0 aliphatic carbocycles. The van der Waals surface area contributed by atoms with Crippen LogP contribution >= 0.6 is 11.6 Å². The lowest BCUT2D eigenvalue weighted by molar-refractivity contribution is -0.122. The van der Waals surface area contributed by atoms with Crippen LogP contribution < -0.4 is 5.32 Å². The SMILES string of the molecule is O=C(Cn1cc(S(=O)(=O)Cc2ccccc2Cl)c2ccccc21)NC[C@H]1CCCO1. The third-order valence-corrected chi connectivity index (χ3v) is 7.31. The number of para-hydroxylation sites is 1. The molecule has 0 saturated carbocycles. The van der Waals surface area contributed by atoms with Gasteiger partial charge in [0.1, 0.15) is 6.54 Å². The van der Waals surface area contributed by atoms with Crippen molar-refractivity contribution in [3.05, 3.63) is 65.3 Å². The van der Waals surface area contributed by atoms with Crippen molar-refractivity contribution in [2.24, 2.45) is 0 Å². The minimum absolute atomic E-state index is 0.0366. The van der Waals surface area contributed by atoms with Gasteiger partial charge in [-0.2, -0.15) is 0 Å². The molecule has 8 heteroatoms. The Balaban J connectivity index is 1.58. The monoisotopic (exact) mass is 446 g/mol. The highest BCUT2D eigenvalue weighted by atomic mass is 35.5. The van der Waals surface area contributed by atoms with Crippen molar-refractivity contribution < 1.29 is 17.9 Å². The fourth-order valence-electron chi connectivity index (χ4n) is 3.73. The third kappa shape index (κ3) is 4.53. The minimum atomic E-state index is -3.66. The molecule has 30 heavy (non-hydrogen) atoms. The Morgan fingerprint density at radius 3 is 2.70 bits per heavy atom. The fraction of sp³-hybridized carbons (Fsp3) is 0.318. The molecule has 1 atom stereocenters. The minimum Gasteiger partial charge on any atom is -0.376 e. The summed E-state index contributed by atoms with van der Waals surface area (Å²) in [6.07, 6.45) is 3.55. The largest absolute Gasteiger partial charge is 0.376 e. The highest BCUT2D eigenvalue weighted by Crippen LogP contribution is 2.29. The van der Waals surface area contributed by atoms with Gasteiger partial charge in [0.15, 0.2) is 9.84 Å². The second-order valence-electron chi connectivity index (χ2n) is 7.43. The van der Waals surface area contributed by atoms with Gasteiger partial charge in [0.05, 0.1) is 16.8 Å². The number of amides is 1. The zero-order valence-corrected chi connectivity index (χ0v) is 18.0. The number of ether oxygens (including phenoxy) is 1. The summed E-state index contributed by atoms with van der Waals surface area (Å²) in [7, 11) is -3.66. The van der Waals surface area contributed by atoms with Gasteiger partial charge in [-0.05, 0) is 30.5 Å². The molecule has 0 unspecified atom stereocenters. The van der Waals surface area contributed by atoms with E-state index in [1.165, 1.54) is 0 Å². The van der Waals surface area contributed by atoms with E-state index < -0.39 is 9.84 Å². The lowest BCUT2D eigenvalue weighted by atomic mass is 10.2. The predicted molar refractivity (Wildman–Crippen MR) is 116 cm³/mol. The van der Waals surface area contributed by atoms with E-state index in [0.29, 0.717) is 28.0 Å². The number of nitrogens with zero attached hydrogens (tertiary/aromatic N) is 1. The van der Waals surface area contributed by atoms with Gasteiger partial charge in [0, 0.05) is 35.3 Å². The van der Waals surface area contributed by atoms with Gasteiger partial charge in [-0.3, -0.25) is 4.79 Å². The molecule has 2 aromatic carbocycles. The van der Waals surface area contributed by atoms with Gasteiger partial charge >= 0.3 is 0 Å². The molecule has 2 heterocycles. The Bertz CT molecular complexity index is 1170. The molecule has 1 aromatic heterocycles. The molecule has 1 N–H and O–H groups in total. The number of carbonyl (C=O) groups excluding carboxylic acids is 1. The average molecular weight is 447 g/mol. The van der Waals surface area contributed by atoms with Gasteiger partial charge in [0.2, 0.25) is 5.91 Å². The van der Waals surface area contributed by atoms with Crippen LogP contribution in [0.5, 0.6) is 0 Å². The van der Waals surface area contributed by atoms with Crippen LogP contribution in [-0.2, 0) is 31.7 Å². The van der Waals surface area contributed by atoms with Crippen LogP contribution in [0.1, 0.15) is 18.4 Å². The number of nitrogens with one attached hydrogen (secondary N) is 1. The molecule has 1 aliphatic rings. The van der Waals surface area contributed by atoms with Gasteiger partial charge < -0.3 is 14.6 Å². The van der Waals surface area contributed by atoms with Crippen LogP contribution in [0.3, 0.4) is 0 Å². The third-order valence-electron chi connectivity index (χ3n) is 5.26. The van der Waals surface area contributed by atoms with Crippen molar-refractivity contribution in [2.75, 3.05) is 13.2 Å². The molecule has 1 aliphatic heterocycles. The molecule has 0 radical (unpaired) electrons. The highest BCUT2D eigenvalue weighted by Gasteiger charge is 2.23. The Labute approximate surface area is 180 Å². The maximum Gasteiger partial charge on any atom is 0.240 e. The number of aromatic nitrogens is 1. The summed E-state index contributed by atoms with van der Waals surface area (Å²) in [5.41, 5.74) is 1.24. The van der Waals surface area contributed by atoms with E-state index in [1.54, 1.807) is 47.2 Å². The van der Waals surface area contributed by atoms with Gasteiger partial charge in [-0.25, -0.2) is 8.42 Å².